The van der Waals surface area contributed by atoms with Crippen LogP contribution in [0.15, 0.2) is 0 Å². The van der Waals surface area contributed by atoms with Crippen molar-refractivity contribution < 1.29 is 58.8 Å². The van der Waals surface area contributed by atoms with Gasteiger partial charge in [0.15, 0.2) is 10.1 Å². The number of esters is 1. The monoisotopic (exact) mass is 585 g/mol. The van der Waals surface area contributed by atoms with Crippen LogP contribution in [0.2, 0.25) is 0 Å². The number of halogens is 5. The molecule has 0 aliphatic heterocycles. The van der Waals surface area contributed by atoms with Gasteiger partial charge < -0.3 is 9.29 Å². The van der Waals surface area contributed by atoms with Crippen LogP contribution in [0.1, 0.15) is 64.7 Å². The van der Waals surface area contributed by atoms with Crippen molar-refractivity contribution in [1.82, 2.24) is 0 Å². The standard InChI is InChI=1S/C25H31F5O8S/c1-11(2-7-20(34)38-23(24(26,27)28)25(29,30)39(35,36)37)14-5-6-16-21(14)19(33)10-17-15-4-3-13(31)8-12(15)9-18(32)22(16)17/h11-12,14-17,21-23H,2-10H2,1H3,(H,35,36,37)/p-1/t11?,12-,14+,15-,16-,17-,21+,22-,23?/m1/s1. The Morgan fingerprint density at radius 1 is 0.949 bits per heavy atom. The Hall–Kier alpha value is -1.96. The molecule has 0 saturated heterocycles. The molecule has 8 nitrogen and oxygen atoms in total. The fraction of sp³-hybridized carbons (Fsp3) is 0.840. The zero-order valence-electron chi connectivity index (χ0n) is 21.1. The van der Waals surface area contributed by atoms with Crippen LogP contribution in [0.5, 0.6) is 0 Å². The van der Waals surface area contributed by atoms with Crippen LogP contribution >= 0.6 is 0 Å². The average Bonchev–Trinajstić information content (AvgIpc) is 3.25. The topological polar surface area (TPSA) is 135 Å². The molecule has 4 fully saturated rings. The Kier molecular flexibility index (Phi) is 8.05. The summed E-state index contributed by atoms with van der Waals surface area (Å²) in [4.78, 5) is 50.4. The summed E-state index contributed by atoms with van der Waals surface area (Å²) >= 11 is 0. The number of Topliss-reactive ketones (excluding diaryl/α,β-unsaturated/α-hetero) is 3. The van der Waals surface area contributed by atoms with Gasteiger partial charge >= 0.3 is 17.4 Å². The summed E-state index contributed by atoms with van der Waals surface area (Å²) in [6, 6.07) is 0. The van der Waals surface area contributed by atoms with Gasteiger partial charge in [0.2, 0.25) is 0 Å². The highest BCUT2D eigenvalue weighted by atomic mass is 32.2. The second kappa shape index (κ2) is 10.5. The van der Waals surface area contributed by atoms with Crippen LogP contribution in [0.25, 0.3) is 0 Å². The molecule has 0 amide bonds. The molecule has 0 aromatic rings. The van der Waals surface area contributed by atoms with Crippen molar-refractivity contribution >= 4 is 33.4 Å². The first-order valence-electron chi connectivity index (χ1n) is 13.1. The summed E-state index contributed by atoms with van der Waals surface area (Å²) in [6.45, 7) is 1.67. The van der Waals surface area contributed by atoms with E-state index < -0.39 is 51.9 Å². The SMILES string of the molecule is CC(CCC(=O)OC(C(F)(F)F)C(F)(F)S(=O)(=O)[O-])[C@@H]1CC[C@H]2[C@H]3C(=O)C[C@H]4CC(=O)CC[C@H]4[C@H]3CC(=O)[C@H]21. The maximum Gasteiger partial charge on any atom is 0.432 e. The van der Waals surface area contributed by atoms with Crippen molar-refractivity contribution in [2.45, 2.75) is 82.2 Å². The lowest BCUT2D eigenvalue weighted by atomic mass is 9.52. The van der Waals surface area contributed by atoms with Crippen molar-refractivity contribution in [2.24, 2.45) is 47.3 Å². The van der Waals surface area contributed by atoms with Gasteiger partial charge in [0.25, 0.3) is 6.10 Å². The van der Waals surface area contributed by atoms with Crippen LogP contribution in [0.4, 0.5) is 22.0 Å². The first-order valence-corrected chi connectivity index (χ1v) is 14.5. The predicted octanol–water partition coefficient (Wildman–Crippen LogP) is 3.82. The highest BCUT2D eigenvalue weighted by Gasteiger charge is 2.63. The lowest BCUT2D eigenvalue weighted by molar-refractivity contribution is -0.259. The number of rotatable bonds is 7. The molecule has 4 rings (SSSR count). The van der Waals surface area contributed by atoms with Crippen LogP contribution in [-0.4, -0.2) is 53.8 Å². The summed E-state index contributed by atoms with van der Waals surface area (Å²) < 4.78 is 102. The smallest absolute Gasteiger partial charge is 0.432 e. The number of carbonyl (C=O) groups excluding carboxylic acids is 4. The van der Waals surface area contributed by atoms with Gasteiger partial charge in [-0.05, 0) is 61.2 Å². The third-order valence-electron chi connectivity index (χ3n) is 9.44. The molecule has 4 aliphatic rings. The van der Waals surface area contributed by atoms with E-state index >= 15 is 0 Å². The van der Waals surface area contributed by atoms with E-state index in [1.54, 1.807) is 6.92 Å². The Morgan fingerprint density at radius 3 is 2.21 bits per heavy atom. The van der Waals surface area contributed by atoms with Gasteiger partial charge in [0.05, 0.1) is 0 Å². The highest BCUT2D eigenvalue weighted by molar-refractivity contribution is 7.86. The molecule has 9 atom stereocenters. The van der Waals surface area contributed by atoms with Gasteiger partial charge in [-0.1, -0.05) is 6.92 Å². The van der Waals surface area contributed by atoms with E-state index in [2.05, 4.69) is 4.74 Å². The second-order valence-corrected chi connectivity index (χ2v) is 13.1. The Balaban J connectivity index is 1.41. The van der Waals surface area contributed by atoms with Crippen LogP contribution < -0.4 is 0 Å². The molecule has 0 aromatic carbocycles. The van der Waals surface area contributed by atoms with Crippen molar-refractivity contribution in [1.29, 1.82) is 0 Å². The Bertz CT molecular complexity index is 1140. The first-order chi connectivity index (χ1) is 17.9. The lowest BCUT2D eigenvalue weighted by Crippen LogP contribution is -2.52. The van der Waals surface area contributed by atoms with Gasteiger partial charge in [-0.25, -0.2) is 8.42 Å². The van der Waals surface area contributed by atoms with Crippen molar-refractivity contribution in [3.8, 4) is 0 Å². The maximum absolute atomic E-state index is 13.6. The fourth-order valence-electron chi connectivity index (χ4n) is 7.79. The minimum absolute atomic E-state index is 0.0130. The molecular weight excluding hydrogens is 555 g/mol. The summed E-state index contributed by atoms with van der Waals surface area (Å²) in [5.41, 5.74) is 0. The minimum atomic E-state index is -6.78. The molecule has 39 heavy (non-hydrogen) atoms. The lowest BCUT2D eigenvalue weighted by Gasteiger charge is -2.50. The van der Waals surface area contributed by atoms with Crippen molar-refractivity contribution in [3.63, 3.8) is 0 Å². The van der Waals surface area contributed by atoms with Crippen LogP contribution in [0, 0.1) is 47.3 Å². The van der Waals surface area contributed by atoms with Gasteiger partial charge in [0, 0.05) is 43.9 Å². The van der Waals surface area contributed by atoms with E-state index in [1.807, 2.05) is 0 Å². The molecule has 4 saturated carbocycles. The quantitative estimate of drug-likeness (QED) is 0.250. The number of alkyl halides is 5. The number of carbonyl (C=O) groups is 4. The van der Waals surface area contributed by atoms with E-state index in [4.69, 9.17) is 0 Å². The third kappa shape index (κ3) is 5.64. The number of hydrogen-bond donors (Lipinski definition) is 0. The van der Waals surface area contributed by atoms with Crippen LogP contribution in [-0.2, 0) is 34.0 Å². The molecule has 220 valence electrons. The van der Waals surface area contributed by atoms with Crippen molar-refractivity contribution in [3.05, 3.63) is 0 Å². The molecule has 14 heteroatoms. The Morgan fingerprint density at radius 2 is 1.59 bits per heavy atom. The van der Waals surface area contributed by atoms with Crippen LogP contribution in [0.3, 0.4) is 0 Å². The predicted molar refractivity (Wildman–Crippen MR) is 121 cm³/mol. The molecule has 0 spiro atoms. The molecule has 0 bridgehead atoms. The zero-order chi connectivity index (χ0) is 29.1. The maximum atomic E-state index is 13.6. The van der Waals surface area contributed by atoms with E-state index in [1.165, 1.54) is 0 Å². The number of fused-ring (bicyclic) bond motifs is 5. The minimum Gasteiger partial charge on any atom is -0.743 e. The van der Waals surface area contributed by atoms with E-state index in [0.717, 1.165) is 0 Å². The van der Waals surface area contributed by atoms with Gasteiger partial charge in [0.1, 0.15) is 17.3 Å². The van der Waals surface area contributed by atoms with Crippen molar-refractivity contribution in [2.75, 3.05) is 0 Å². The Labute approximate surface area is 222 Å². The molecule has 0 heterocycles. The number of hydrogen-bond acceptors (Lipinski definition) is 8. The summed E-state index contributed by atoms with van der Waals surface area (Å²) in [6.07, 6.45) is -8.24. The summed E-state index contributed by atoms with van der Waals surface area (Å²) in [5.74, 6) is -3.24. The normalized spacial score (nSPS) is 35.1. The largest absolute Gasteiger partial charge is 0.743 e. The van der Waals surface area contributed by atoms with E-state index in [-0.39, 0.29) is 65.7 Å². The summed E-state index contributed by atoms with van der Waals surface area (Å²) in [5, 5.41) is -5.91. The van der Waals surface area contributed by atoms with Gasteiger partial charge in [-0.3, -0.25) is 19.2 Å². The molecule has 0 aromatic heterocycles. The summed E-state index contributed by atoms with van der Waals surface area (Å²) in [7, 11) is -6.78. The number of ether oxygens (including phenoxy) is 1. The second-order valence-electron chi connectivity index (χ2n) is 11.6. The van der Waals surface area contributed by atoms with Gasteiger partial charge in [-0.2, -0.15) is 22.0 Å². The first kappa shape index (κ1) is 30.0. The number of ketones is 3. The highest BCUT2D eigenvalue weighted by Crippen LogP contribution is 2.58. The fourth-order valence-corrected chi connectivity index (χ4v) is 8.23. The van der Waals surface area contributed by atoms with Gasteiger partial charge in [-0.15, -0.1) is 0 Å². The molecule has 0 radical (unpaired) electrons. The molecule has 0 N–H and O–H groups in total. The van der Waals surface area contributed by atoms with E-state index in [0.29, 0.717) is 38.5 Å². The molecule has 2 unspecified atom stereocenters. The average molecular weight is 586 g/mol. The molecule has 4 aliphatic carbocycles. The zero-order valence-corrected chi connectivity index (χ0v) is 21.9. The van der Waals surface area contributed by atoms with E-state index in [9.17, 15) is 54.1 Å². The molecular formula is C25H30F5O8S-. The third-order valence-corrected chi connectivity index (χ3v) is 10.3.